The molecule has 10 heteroatoms. The smallest absolute Gasteiger partial charge is 0.327 e. The number of carboxylic acid groups (broad SMARTS) is 1. The lowest BCUT2D eigenvalue weighted by atomic mass is 10.0. The SMILES string of the molecule is O=C(O)C(CS)NC(=O)C(Cc1ccccc1)NC(=O)C(Cc1ccccc1)NC(=O)C1CCCN1. The third kappa shape index (κ3) is 8.10. The Morgan fingerprint density at radius 2 is 1.33 bits per heavy atom. The fraction of sp³-hybridized carbons (Fsp3) is 0.385. The van der Waals surface area contributed by atoms with Gasteiger partial charge in [0, 0.05) is 18.6 Å². The zero-order chi connectivity index (χ0) is 25.9. The third-order valence-electron chi connectivity index (χ3n) is 6.01. The summed E-state index contributed by atoms with van der Waals surface area (Å²) >= 11 is 4.00. The Hall–Kier alpha value is -3.37. The maximum atomic E-state index is 13.4. The van der Waals surface area contributed by atoms with Crippen LogP contribution in [0.5, 0.6) is 0 Å². The molecule has 0 bridgehead atoms. The van der Waals surface area contributed by atoms with Crippen molar-refractivity contribution in [2.45, 2.75) is 49.9 Å². The van der Waals surface area contributed by atoms with Crippen LogP contribution in [-0.2, 0) is 32.0 Å². The molecule has 4 unspecified atom stereocenters. The Kier molecular flexibility index (Phi) is 10.3. The second-order valence-corrected chi connectivity index (χ2v) is 9.10. The van der Waals surface area contributed by atoms with Crippen LogP contribution in [0.3, 0.4) is 0 Å². The molecule has 1 aliphatic heterocycles. The molecule has 4 atom stereocenters. The second-order valence-electron chi connectivity index (χ2n) is 8.73. The number of carbonyl (C=O) groups is 4. The zero-order valence-corrected chi connectivity index (χ0v) is 20.7. The molecule has 2 aromatic rings. The van der Waals surface area contributed by atoms with Crippen molar-refractivity contribution >= 4 is 36.3 Å². The van der Waals surface area contributed by atoms with E-state index >= 15 is 0 Å². The van der Waals surface area contributed by atoms with Gasteiger partial charge in [-0.25, -0.2) is 4.79 Å². The molecule has 0 radical (unpaired) electrons. The van der Waals surface area contributed by atoms with Gasteiger partial charge < -0.3 is 26.4 Å². The van der Waals surface area contributed by atoms with Crippen LogP contribution in [0.25, 0.3) is 0 Å². The molecule has 1 fully saturated rings. The molecular weight excluding hydrogens is 480 g/mol. The average Bonchev–Trinajstić information content (AvgIpc) is 3.42. The normalized spacial score (nSPS) is 17.4. The first-order chi connectivity index (χ1) is 17.4. The van der Waals surface area contributed by atoms with Gasteiger partial charge in [-0.2, -0.15) is 12.6 Å². The highest BCUT2D eigenvalue weighted by Gasteiger charge is 2.31. The number of amides is 3. The number of carboxylic acids is 1. The van der Waals surface area contributed by atoms with Crippen molar-refractivity contribution in [1.29, 1.82) is 0 Å². The topological polar surface area (TPSA) is 137 Å². The second kappa shape index (κ2) is 13.6. The molecular formula is C26H32N4O5S. The van der Waals surface area contributed by atoms with Gasteiger partial charge in [0.2, 0.25) is 17.7 Å². The lowest BCUT2D eigenvalue weighted by Crippen LogP contribution is -2.58. The van der Waals surface area contributed by atoms with Gasteiger partial charge in [-0.3, -0.25) is 14.4 Å². The molecule has 9 nitrogen and oxygen atoms in total. The molecule has 1 aliphatic rings. The number of aliphatic carboxylic acids is 1. The van der Waals surface area contributed by atoms with Crippen LogP contribution in [-0.4, -0.2) is 65.3 Å². The van der Waals surface area contributed by atoms with Crippen molar-refractivity contribution in [3.63, 3.8) is 0 Å². The summed E-state index contributed by atoms with van der Waals surface area (Å²) in [6, 6.07) is 14.8. The summed E-state index contributed by atoms with van der Waals surface area (Å²) in [7, 11) is 0. The molecule has 2 aromatic carbocycles. The lowest BCUT2D eigenvalue weighted by molar-refractivity contribution is -0.141. The number of carbonyl (C=O) groups excluding carboxylic acids is 3. The standard InChI is InChI=1S/C26H32N4O5S/c31-23(19-12-7-13-27-19)28-20(14-17-8-3-1-4-9-17)24(32)29-21(15-18-10-5-2-6-11-18)25(33)30-22(16-36)26(34)35/h1-6,8-11,19-22,27,36H,7,12-16H2,(H,28,31)(H,29,32)(H,30,33)(H,34,35). The van der Waals surface area contributed by atoms with Gasteiger partial charge in [-0.1, -0.05) is 60.7 Å². The Morgan fingerprint density at radius 3 is 1.78 bits per heavy atom. The lowest BCUT2D eigenvalue weighted by Gasteiger charge is -2.25. The molecule has 36 heavy (non-hydrogen) atoms. The van der Waals surface area contributed by atoms with E-state index in [2.05, 4.69) is 33.9 Å². The summed E-state index contributed by atoms with van der Waals surface area (Å²) in [5, 5.41) is 20.5. The molecule has 192 valence electrons. The van der Waals surface area contributed by atoms with Crippen molar-refractivity contribution in [2.24, 2.45) is 0 Å². The van der Waals surface area contributed by atoms with Crippen molar-refractivity contribution < 1.29 is 24.3 Å². The fourth-order valence-corrected chi connectivity index (χ4v) is 4.28. The van der Waals surface area contributed by atoms with Crippen LogP contribution in [0.2, 0.25) is 0 Å². The highest BCUT2D eigenvalue weighted by Crippen LogP contribution is 2.10. The van der Waals surface area contributed by atoms with E-state index in [-0.39, 0.29) is 30.5 Å². The van der Waals surface area contributed by atoms with E-state index in [1.165, 1.54) is 0 Å². The summed E-state index contributed by atoms with van der Waals surface area (Å²) in [4.78, 5) is 50.7. The fourth-order valence-electron chi connectivity index (χ4n) is 4.03. The Balaban J connectivity index is 1.79. The van der Waals surface area contributed by atoms with E-state index in [1.807, 2.05) is 60.7 Å². The maximum absolute atomic E-state index is 13.4. The first-order valence-corrected chi connectivity index (χ1v) is 12.6. The number of hydrogen-bond acceptors (Lipinski definition) is 6. The predicted molar refractivity (Wildman–Crippen MR) is 139 cm³/mol. The molecule has 1 saturated heterocycles. The molecule has 0 saturated carbocycles. The summed E-state index contributed by atoms with van der Waals surface area (Å²) < 4.78 is 0. The van der Waals surface area contributed by atoms with Crippen LogP contribution in [0, 0.1) is 0 Å². The van der Waals surface area contributed by atoms with Crippen LogP contribution in [0.1, 0.15) is 24.0 Å². The summed E-state index contributed by atoms with van der Waals surface area (Å²) in [6.07, 6.45) is 1.94. The van der Waals surface area contributed by atoms with Crippen molar-refractivity contribution in [3.05, 3.63) is 71.8 Å². The monoisotopic (exact) mass is 512 g/mol. The Morgan fingerprint density at radius 1 is 0.833 bits per heavy atom. The van der Waals surface area contributed by atoms with E-state index in [9.17, 15) is 24.3 Å². The summed E-state index contributed by atoms with van der Waals surface area (Å²) in [5.74, 6) is -2.77. The van der Waals surface area contributed by atoms with Crippen LogP contribution >= 0.6 is 12.6 Å². The predicted octanol–water partition coefficient (Wildman–Crippen LogP) is 0.693. The number of rotatable bonds is 12. The van der Waals surface area contributed by atoms with E-state index in [0.717, 1.165) is 24.1 Å². The highest BCUT2D eigenvalue weighted by molar-refractivity contribution is 7.80. The first-order valence-electron chi connectivity index (χ1n) is 11.9. The van der Waals surface area contributed by atoms with Crippen LogP contribution in [0.4, 0.5) is 0 Å². The van der Waals surface area contributed by atoms with Gasteiger partial charge in [-0.15, -0.1) is 0 Å². The van der Waals surface area contributed by atoms with Gasteiger partial charge in [-0.05, 0) is 30.5 Å². The molecule has 1 heterocycles. The quantitative estimate of drug-likeness (QED) is 0.232. The molecule has 3 amide bonds. The molecule has 0 aliphatic carbocycles. The minimum atomic E-state index is -1.22. The number of hydrogen-bond donors (Lipinski definition) is 6. The molecule has 0 aromatic heterocycles. The Bertz CT molecular complexity index is 1030. The van der Waals surface area contributed by atoms with Gasteiger partial charge in [0.25, 0.3) is 0 Å². The number of nitrogens with one attached hydrogen (secondary N) is 4. The van der Waals surface area contributed by atoms with E-state index in [0.29, 0.717) is 6.42 Å². The summed E-state index contributed by atoms with van der Waals surface area (Å²) in [5.41, 5.74) is 1.64. The van der Waals surface area contributed by atoms with E-state index < -0.39 is 35.9 Å². The first kappa shape index (κ1) is 27.2. The van der Waals surface area contributed by atoms with Crippen LogP contribution < -0.4 is 21.3 Å². The average molecular weight is 513 g/mol. The van der Waals surface area contributed by atoms with E-state index in [1.54, 1.807) is 0 Å². The molecule has 5 N–H and O–H groups in total. The number of benzene rings is 2. The zero-order valence-electron chi connectivity index (χ0n) is 19.9. The molecule has 0 spiro atoms. The van der Waals surface area contributed by atoms with Crippen molar-refractivity contribution in [3.8, 4) is 0 Å². The van der Waals surface area contributed by atoms with Gasteiger partial charge in [0.1, 0.15) is 18.1 Å². The number of thiol groups is 1. The van der Waals surface area contributed by atoms with Gasteiger partial charge in [0.05, 0.1) is 6.04 Å². The van der Waals surface area contributed by atoms with Crippen molar-refractivity contribution in [1.82, 2.24) is 21.3 Å². The van der Waals surface area contributed by atoms with Crippen LogP contribution in [0.15, 0.2) is 60.7 Å². The minimum Gasteiger partial charge on any atom is -0.480 e. The van der Waals surface area contributed by atoms with Crippen molar-refractivity contribution in [2.75, 3.05) is 12.3 Å². The molecule has 3 rings (SSSR count). The minimum absolute atomic E-state index is 0.103. The maximum Gasteiger partial charge on any atom is 0.327 e. The summed E-state index contributed by atoms with van der Waals surface area (Å²) in [6.45, 7) is 0.739. The van der Waals surface area contributed by atoms with E-state index in [4.69, 9.17) is 0 Å². The highest BCUT2D eigenvalue weighted by atomic mass is 32.1. The largest absolute Gasteiger partial charge is 0.480 e. The van der Waals surface area contributed by atoms with Gasteiger partial charge in [0.15, 0.2) is 0 Å². The van der Waals surface area contributed by atoms with Gasteiger partial charge >= 0.3 is 5.97 Å². The third-order valence-corrected chi connectivity index (χ3v) is 6.37. The Labute approximate surface area is 215 Å².